The van der Waals surface area contributed by atoms with Gasteiger partial charge in [-0.2, -0.15) is 0 Å². The zero-order valence-corrected chi connectivity index (χ0v) is 11.4. The van der Waals surface area contributed by atoms with Crippen LogP contribution in [-0.2, 0) is 11.2 Å². The van der Waals surface area contributed by atoms with Gasteiger partial charge < -0.3 is 5.32 Å². The van der Waals surface area contributed by atoms with Gasteiger partial charge in [0.05, 0.1) is 6.42 Å². The third-order valence-electron chi connectivity index (χ3n) is 2.63. The van der Waals surface area contributed by atoms with Gasteiger partial charge in [0.1, 0.15) is 5.82 Å². The van der Waals surface area contributed by atoms with Crippen LogP contribution in [0.4, 0.5) is 10.1 Å². The molecule has 19 heavy (non-hydrogen) atoms. The molecule has 0 fully saturated rings. The average molecular weight is 275 g/mol. The lowest BCUT2D eigenvalue weighted by Gasteiger charge is -2.07. The van der Waals surface area contributed by atoms with Crippen molar-refractivity contribution in [1.82, 2.24) is 0 Å². The highest BCUT2D eigenvalue weighted by molar-refractivity contribution is 7.80. The Kier molecular flexibility index (Phi) is 4.22. The molecule has 2 nitrogen and oxygen atoms in total. The lowest BCUT2D eigenvalue weighted by Crippen LogP contribution is -2.14. The lowest BCUT2D eigenvalue weighted by atomic mass is 10.1. The van der Waals surface area contributed by atoms with Gasteiger partial charge in [0.15, 0.2) is 0 Å². The summed E-state index contributed by atoms with van der Waals surface area (Å²) in [5.41, 5.74) is 2.14. The summed E-state index contributed by atoms with van der Waals surface area (Å²) in [6, 6.07) is 11.8. The fraction of sp³-hybridized carbons (Fsp3) is 0.133. The van der Waals surface area contributed by atoms with E-state index in [9.17, 15) is 9.18 Å². The first-order valence-corrected chi connectivity index (χ1v) is 6.32. The van der Waals surface area contributed by atoms with Gasteiger partial charge in [0, 0.05) is 10.6 Å². The molecular formula is C15H14FNOS. The molecular weight excluding hydrogens is 261 g/mol. The second kappa shape index (κ2) is 5.89. The minimum atomic E-state index is -0.352. The van der Waals surface area contributed by atoms with Crippen molar-refractivity contribution >= 4 is 24.2 Å². The fourth-order valence-corrected chi connectivity index (χ4v) is 1.96. The van der Waals surface area contributed by atoms with E-state index < -0.39 is 0 Å². The fourth-order valence-electron chi connectivity index (χ4n) is 1.81. The standard InChI is InChI=1S/C15H14FNOS/c1-10-6-12(16)9-13(7-10)17-15(18)8-11-2-4-14(19)5-3-11/h2-7,9,19H,8H2,1H3,(H,17,18). The molecule has 0 heterocycles. The predicted octanol–water partition coefficient (Wildman–Crippen LogP) is 3.60. The van der Waals surface area contributed by atoms with Gasteiger partial charge in [-0.25, -0.2) is 4.39 Å². The van der Waals surface area contributed by atoms with E-state index in [0.29, 0.717) is 5.69 Å². The van der Waals surface area contributed by atoms with E-state index in [0.717, 1.165) is 16.0 Å². The molecule has 1 N–H and O–H groups in total. The Balaban J connectivity index is 2.03. The Morgan fingerprint density at radius 1 is 1.21 bits per heavy atom. The number of nitrogens with one attached hydrogen (secondary N) is 1. The average Bonchev–Trinajstić information content (AvgIpc) is 2.30. The summed E-state index contributed by atoms with van der Waals surface area (Å²) < 4.78 is 13.2. The number of thiol groups is 1. The Morgan fingerprint density at radius 2 is 1.89 bits per heavy atom. The molecule has 2 aromatic rings. The molecule has 4 heteroatoms. The van der Waals surface area contributed by atoms with Gasteiger partial charge in [-0.15, -0.1) is 12.6 Å². The van der Waals surface area contributed by atoms with Crippen LogP contribution in [0.25, 0.3) is 0 Å². The summed E-state index contributed by atoms with van der Waals surface area (Å²) in [6.45, 7) is 1.78. The van der Waals surface area contributed by atoms with E-state index in [2.05, 4.69) is 17.9 Å². The smallest absolute Gasteiger partial charge is 0.228 e. The molecule has 2 rings (SSSR count). The number of anilines is 1. The SMILES string of the molecule is Cc1cc(F)cc(NC(=O)Cc2ccc(S)cc2)c1. The molecule has 0 aromatic heterocycles. The maximum Gasteiger partial charge on any atom is 0.228 e. The van der Waals surface area contributed by atoms with Crippen molar-refractivity contribution in [3.8, 4) is 0 Å². The van der Waals surface area contributed by atoms with E-state index in [1.54, 1.807) is 13.0 Å². The summed E-state index contributed by atoms with van der Waals surface area (Å²) in [7, 11) is 0. The molecule has 0 aliphatic heterocycles. The minimum Gasteiger partial charge on any atom is -0.326 e. The highest BCUT2D eigenvalue weighted by Gasteiger charge is 2.05. The monoisotopic (exact) mass is 275 g/mol. The van der Waals surface area contributed by atoms with Crippen molar-refractivity contribution in [3.63, 3.8) is 0 Å². The second-order valence-corrected chi connectivity index (χ2v) is 4.93. The van der Waals surface area contributed by atoms with E-state index >= 15 is 0 Å². The van der Waals surface area contributed by atoms with Crippen molar-refractivity contribution in [1.29, 1.82) is 0 Å². The third kappa shape index (κ3) is 4.10. The number of carbonyl (C=O) groups excluding carboxylic acids is 1. The number of rotatable bonds is 3. The summed E-state index contributed by atoms with van der Waals surface area (Å²) in [5, 5.41) is 2.69. The van der Waals surface area contributed by atoms with Crippen molar-refractivity contribution < 1.29 is 9.18 Å². The van der Waals surface area contributed by atoms with Crippen molar-refractivity contribution in [3.05, 3.63) is 59.4 Å². The van der Waals surface area contributed by atoms with Gasteiger partial charge in [0.25, 0.3) is 0 Å². The van der Waals surface area contributed by atoms with E-state index in [1.165, 1.54) is 12.1 Å². The van der Waals surface area contributed by atoms with Crippen molar-refractivity contribution in [2.45, 2.75) is 18.2 Å². The largest absolute Gasteiger partial charge is 0.326 e. The number of aryl methyl sites for hydroxylation is 1. The summed E-state index contributed by atoms with van der Waals surface area (Å²) in [4.78, 5) is 12.7. The quantitative estimate of drug-likeness (QED) is 0.823. The number of hydrogen-bond donors (Lipinski definition) is 2. The summed E-state index contributed by atoms with van der Waals surface area (Å²) in [5.74, 6) is -0.522. The lowest BCUT2D eigenvalue weighted by molar-refractivity contribution is -0.115. The Bertz CT molecular complexity index is 575. The van der Waals surface area contributed by atoms with E-state index in [1.807, 2.05) is 24.3 Å². The molecule has 0 saturated carbocycles. The zero-order chi connectivity index (χ0) is 13.8. The Hall–Kier alpha value is -1.81. The third-order valence-corrected chi connectivity index (χ3v) is 2.93. The molecule has 0 unspecified atom stereocenters. The van der Waals surface area contributed by atoms with Gasteiger partial charge in [-0.1, -0.05) is 12.1 Å². The van der Waals surface area contributed by atoms with Crippen LogP contribution in [0.15, 0.2) is 47.4 Å². The van der Waals surface area contributed by atoms with Crippen LogP contribution in [0.2, 0.25) is 0 Å². The summed E-state index contributed by atoms with van der Waals surface area (Å²) in [6.07, 6.45) is 0.254. The van der Waals surface area contributed by atoms with Crippen molar-refractivity contribution in [2.24, 2.45) is 0 Å². The molecule has 0 atom stereocenters. The predicted molar refractivity (Wildman–Crippen MR) is 77.2 cm³/mol. The Labute approximate surface area is 117 Å². The first kappa shape index (κ1) is 13.6. The first-order valence-electron chi connectivity index (χ1n) is 5.88. The normalized spacial score (nSPS) is 10.3. The van der Waals surface area contributed by atoms with Crippen LogP contribution >= 0.6 is 12.6 Å². The number of benzene rings is 2. The van der Waals surface area contributed by atoms with Crippen LogP contribution in [0.3, 0.4) is 0 Å². The van der Waals surface area contributed by atoms with Crippen LogP contribution in [-0.4, -0.2) is 5.91 Å². The van der Waals surface area contributed by atoms with Crippen LogP contribution in [0.5, 0.6) is 0 Å². The molecule has 0 radical (unpaired) electrons. The molecule has 0 aliphatic carbocycles. The molecule has 1 amide bonds. The highest BCUT2D eigenvalue weighted by Crippen LogP contribution is 2.14. The number of hydrogen-bond acceptors (Lipinski definition) is 2. The molecule has 98 valence electrons. The Morgan fingerprint density at radius 3 is 2.53 bits per heavy atom. The number of amides is 1. The maximum absolute atomic E-state index is 13.2. The molecule has 0 saturated heterocycles. The van der Waals surface area contributed by atoms with Gasteiger partial charge in [0.2, 0.25) is 5.91 Å². The van der Waals surface area contributed by atoms with Gasteiger partial charge >= 0.3 is 0 Å². The number of carbonyl (C=O) groups is 1. The van der Waals surface area contributed by atoms with Gasteiger partial charge in [-0.3, -0.25) is 4.79 Å². The maximum atomic E-state index is 13.2. The molecule has 2 aromatic carbocycles. The zero-order valence-electron chi connectivity index (χ0n) is 10.5. The van der Waals surface area contributed by atoms with E-state index in [4.69, 9.17) is 0 Å². The summed E-state index contributed by atoms with van der Waals surface area (Å²) >= 11 is 4.18. The van der Waals surface area contributed by atoms with Crippen LogP contribution in [0, 0.1) is 12.7 Å². The topological polar surface area (TPSA) is 29.1 Å². The van der Waals surface area contributed by atoms with Crippen molar-refractivity contribution in [2.75, 3.05) is 5.32 Å². The molecule has 0 aliphatic rings. The van der Waals surface area contributed by atoms with Crippen LogP contribution < -0.4 is 5.32 Å². The minimum absolute atomic E-state index is 0.170. The number of halogens is 1. The van der Waals surface area contributed by atoms with Crippen LogP contribution in [0.1, 0.15) is 11.1 Å². The first-order chi connectivity index (χ1) is 9.02. The second-order valence-electron chi connectivity index (χ2n) is 4.41. The molecule has 0 bridgehead atoms. The highest BCUT2D eigenvalue weighted by atomic mass is 32.1. The molecule has 0 spiro atoms. The van der Waals surface area contributed by atoms with Gasteiger partial charge in [-0.05, 0) is 48.4 Å². The van der Waals surface area contributed by atoms with E-state index in [-0.39, 0.29) is 18.1 Å².